The van der Waals surface area contributed by atoms with E-state index in [1.807, 2.05) is 10.9 Å². The topological polar surface area (TPSA) is 29.9 Å². The minimum Gasteiger partial charge on any atom is -0.310 e. The highest BCUT2D eigenvalue weighted by atomic mass is 15.3. The zero-order chi connectivity index (χ0) is 12.5. The highest BCUT2D eigenvalue weighted by Gasteiger charge is 2.50. The Labute approximate surface area is 105 Å². The van der Waals surface area contributed by atoms with Crippen LogP contribution in [0.25, 0.3) is 0 Å². The van der Waals surface area contributed by atoms with Gasteiger partial charge in [-0.2, -0.15) is 5.10 Å². The maximum Gasteiger partial charge on any atom is 0.0537 e. The van der Waals surface area contributed by atoms with Crippen LogP contribution in [0.2, 0.25) is 0 Å². The van der Waals surface area contributed by atoms with E-state index in [1.165, 1.54) is 18.4 Å². The van der Waals surface area contributed by atoms with Gasteiger partial charge in [-0.3, -0.25) is 4.68 Å². The summed E-state index contributed by atoms with van der Waals surface area (Å²) in [5.41, 5.74) is 1.86. The van der Waals surface area contributed by atoms with Gasteiger partial charge in [0.1, 0.15) is 0 Å². The van der Waals surface area contributed by atoms with E-state index in [0.29, 0.717) is 11.5 Å². The molecule has 1 saturated carbocycles. The van der Waals surface area contributed by atoms with Gasteiger partial charge in [-0.05, 0) is 37.6 Å². The van der Waals surface area contributed by atoms with Crippen molar-refractivity contribution >= 4 is 0 Å². The standard InChI is InChI=1S/C14H25N3/c1-5-7-15-13(12-8-14(12,3)4)11-9-16-17(6-2)10-11/h9-10,12-13,15H,5-8H2,1-4H3. The molecule has 0 aliphatic heterocycles. The quantitative estimate of drug-likeness (QED) is 0.821. The number of hydrogen-bond acceptors (Lipinski definition) is 2. The first kappa shape index (κ1) is 12.6. The van der Waals surface area contributed by atoms with Crippen molar-refractivity contribution in [3.8, 4) is 0 Å². The molecule has 0 radical (unpaired) electrons. The number of rotatable bonds is 6. The van der Waals surface area contributed by atoms with Crippen LogP contribution in [-0.2, 0) is 6.54 Å². The summed E-state index contributed by atoms with van der Waals surface area (Å²) >= 11 is 0. The van der Waals surface area contributed by atoms with Crippen LogP contribution in [0.3, 0.4) is 0 Å². The number of nitrogens with one attached hydrogen (secondary N) is 1. The van der Waals surface area contributed by atoms with E-state index in [1.54, 1.807) is 0 Å². The molecular weight excluding hydrogens is 210 g/mol. The molecule has 3 heteroatoms. The van der Waals surface area contributed by atoms with Crippen LogP contribution >= 0.6 is 0 Å². The largest absolute Gasteiger partial charge is 0.310 e. The Morgan fingerprint density at radius 2 is 2.24 bits per heavy atom. The Kier molecular flexibility index (Phi) is 3.57. The molecule has 1 aromatic heterocycles. The molecule has 1 N–H and O–H groups in total. The molecule has 3 nitrogen and oxygen atoms in total. The summed E-state index contributed by atoms with van der Waals surface area (Å²) in [6, 6.07) is 0.491. The van der Waals surface area contributed by atoms with Gasteiger partial charge in [0.15, 0.2) is 0 Å². The molecule has 96 valence electrons. The van der Waals surface area contributed by atoms with Crippen LogP contribution in [-0.4, -0.2) is 16.3 Å². The molecular formula is C14H25N3. The monoisotopic (exact) mass is 235 g/mol. The van der Waals surface area contributed by atoms with Crippen LogP contribution in [0.4, 0.5) is 0 Å². The van der Waals surface area contributed by atoms with Crippen molar-refractivity contribution in [2.75, 3.05) is 6.54 Å². The average molecular weight is 235 g/mol. The fourth-order valence-electron chi connectivity index (χ4n) is 2.58. The first-order valence-corrected chi connectivity index (χ1v) is 6.84. The van der Waals surface area contributed by atoms with Gasteiger partial charge in [0.25, 0.3) is 0 Å². The van der Waals surface area contributed by atoms with Crippen molar-refractivity contribution < 1.29 is 0 Å². The number of aryl methyl sites for hydroxylation is 1. The third-order valence-electron chi connectivity index (χ3n) is 3.94. The summed E-state index contributed by atoms with van der Waals surface area (Å²) in [7, 11) is 0. The summed E-state index contributed by atoms with van der Waals surface area (Å²) in [5.74, 6) is 0.767. The van der Waals surface area contributed by atoms with E-state index in [-0.39, 0.29) is 0 Å². The molecule has 0 aromatic carbocycles. The third-order valence-corrected chi connectivity index (χ3v) is 3.94. The molecule has 0 saturated heterocycles. The Bertz CT molecular complexity index is 367. The smallest absolute Gasteiger partial charge is 0.0537 e. The molecule has 1 fully saturated rings. The van der Waals surface area contributed by atoms with E-state index in [9.17, 15) is 0 Å². The van der Waals surface area contributed by atoms with Crippen molar-refractivity contribution in [1.29, 1.82) is 0 Å². The minimum absolute atomic E-state index is 0.491. The fourth-order valence-corrected chi connectivity index (χ4v) is 2.58. The van der Waals surface area contributed by atoms with Crippen LogP contribution in [0.1, 0.15) is 52.1 Å². The second kappa shape index (κ2) is 4.81. The third kappa shape index (κ3) is 2.71. The van der Waals surface area contributed by atoms with Crippen molar-refractivity contribution in [2.45, 2.75) is 53.1 Å². The molecule has 2 atom stereocenters. The van der Waals surface area contributed by atoms with Crippen LogP contribution in [0.15, 0.2) is 12.4 Å². The molecule has 1 heterocycles. The second-order valence-electron chi connectivity index (χ2n) is 5.86. The van der Waals surface area contributed by atoms with Gasteiger partial charge in [0.2, 0.25) is 0 Å². The zero-order valence-corrected chi connectivity index (χ0v) is 11.5. The Morgan fingerprint density at radius 1 is 1.53 bits per heavy atom. The molecule has 0 amide bonds. The molecule has 0 spiro atoms. The lowest BCUT2D eigenvalue weighted by atomic mass is 9.99. The summed E-state index contributed by atoms with van der Waals surface area (Å²) in [4.78, 5) is 0. The van der Waals surface area contributed by atoms with Gasteiger partial charge >= 0.3 is 0 Å². The molecule has 0 bridgehead atoms. The van der Waals surface area contributed by atoms with Crippen LogP contribution in [0.5, 0.6) is 0 Å². The summed E-state index contributed by atoms with van der Waals surface area (Å²) < 4.78 is 2.02. The van der Waals surface area contributed by atoms with Gasteiger partial charge in [-0.1, -0.05) is 20.8 Å². The first-order chi connectivity index (χ1) is 8.08. The van der Waals surface area contributed by atoms with E-state index in [4.69, 9.17) is 0 Å². The highest BCUT2D eigenvalue weighted by Crippen LogP contribution is 2.57. The number of aromatic nitrogens is 2. The van der Waals surface area contributed by atoms with Crippen molar-refractivity contribution in [1.82, 2.24) is 15.1 Å². The molecule has 1 aliphatic carbocycles. The van der Waals surface area contributed by atoms with Crippen molar-refractivity contribution in [3.63, 3.8) is 0 Å². The van der Waals surface area contributed by atoms with Gasteiger partial charge in [-0.25, -0.2) is 0 Å². The molecule has 1 aromatic rings. The van der Waals surface area contributed by atoms with Gasteiger partial charge in [-0.15, -0.1) is 0 Å². The Morgan fingerprint density at radius 3 is 2.71 bits per heavy atom. The molecule has 2 rings (SSSR count). The minimum atomic E-state index is 0.491. The van der Waals surface area contributed by atoms with Crippen LogP contribution in [0, 0.1) is 11.3 Å². The van der Waals surface area contributed by atoms with Gasteiger partial charge < -0.3 is 5.32 Å². The number of hydrogen-bond donors (Lipinski definition) is 1. The van der Waals surface area contributed by atoms with Crippen molar-refractivity contribution in [3.05, 3.63) is 18.0 Å². The van der Waals surface area contributed by atoms with E-state index in [2.05, 4.69) is 44.3 Å². The predicted molar refractivity (Wildman–Crippen MR) is 70.8 cm³/mol. The first-order valence-electron chi connectivity index (χ1n) is 6.84. The summed E-state index contributed by atoms with van der Waals surface area (Å²) in [6.45, 7) is 11.1. The van der Waals surface area contributed by atoms with Gasteiger partial charge in [0, 0.05) is 24.3 Å². The Hall–Kier alpha value is -0.830. The van der Waals surface area contributed by atoms with Crippen LogP contribution < -0.4 is 5.32 Å². The highest BCUT2D eigenvalue weighted by molar-refractivity contribution is 5.17. The SMILES string of the molecule is CCCNC(c1cnn(CC)c1)C1CC1(C)C. The lowest BCUT2D eigenvalue weighted by molar-refractivity contribution is 0.415. The predicted octanol–water partition coefficient (Wildman–Crippen LogP) is 2.99. The van der Waals surface area contributed by atoms with Gasteiger partial charge in [0.05, 0.1) is 6.20 Å². The van der Waals surface area contributed by atoms with E-state index >= 15 is 0 Å². The maximum atomic E-state index is 4.40. The fraction of sp³-hybridized carbons (Fsp3) is 0.786. The van der Waals surface area contributed by atoms with E-state index in [0.717, 1.165) is 19.0 Å². The number of nitrogens with zero attached hydrogens (tertiary/aromatic N) is 2. The Balaban J connectivity index is 2.10. The molecule has 2 unspecified atom stereocenters. The average Bonchev–Trinajstić information content (AvgIpc) is 2.76. The molecule has 1 aliphatic rings. The van der Waals surface area contributed by atoms with Crippen molar-refractivity contribution in [2.24, 2.45) is 11.3 Å². The maximum absolute atomic E-state index is 4.40. The lowest BCUT2D eigenvalue weighted by Gasteiger charge is -2.18. The lowest BCUT2D eigenvalue weighted by Crippen LogP contribution is -2.25. The summed E-state index contributed by atoms with van der Waals surface area (Å²) in [5, 5.41) is 8.09. The van der Waals surface area contributed by atoms with E-state index < -0.39 is 0 Å². The normalized spacial score (nSPS) is 23.6. The zero-order valence-electron chi connectivity index (χ0n) is 11.5. The molecule has 17 heavy (non-hydrogen) atoms. The summed E-state index contributed by atoms with van der Waals surface area (Å²) in [6.07, 6.45) is 6.74. The second-order valence-corrected chi connectivity index (χ2v) is 5.86.